The number of aliphatic hydroxyl groups excluding tert-OH is 1. The van der Waals surface area contributed by atoms with Crippen LogP contribution < -0.4 is 4.90 Å². The molecule has 1 aromatic carbocycles. The molecule has 1 saturated carbocycles. The van der Waals surface area contributed by atoms with Gasteiger partial charge in [-0.3, -0.25) is 14.5 Å². The molecule has 2 heterocycles. The van der Waals surface area contributed by atoms with Crippen LogP contribution in [0.15, 0.2) is 36.5 Å². The van der Waals surface area contributed by atoms with Gasteiger partial charge in [0, 0.05) is 12.7 Å². The Kier molecular flexibility index (Phi) is 5.23. The number of rotatable bonds is 4. The first-order valence-electron chi connectivity index (χ1n) is 9.18. The molecule has 1 saturated heterocycles. The SMILES string of the molecule is O=C1[C@@H](C2CC(O)C2)N(Cc2ccc(F)cc2)C(=O)CN1c1ncc(Cl)cc1F. The molecule has 6 nitrogen and oxygen atoms in total. The summed E-state index contributed by atoms with van der Waals surface area (Å²) >= 11 is 5.74. The first kappa shape index (κ1) is 19.7. The van der Waals surface area contributed by atoms with E-state index in [4.69, 9.17) is 11.6 Å². The number of piperazine rings is 1. The molecule has 1 aromatic heterocycles. The van der Waals surface area contributed by atoms with Gasteiger partial charge in [-0.1, -0.05) is 23.7 Å². The summed E-state index contributed by atoms with van der Waals surface area (Å²) in [7, 11) is 0. The molecule has 2 amide bonds. The van der Waals surface area contributed by atoms with E-state index in [0.29, 0.717) is 18.4 Å². The number of benzene rings is 1. The molecule has 1 aliphatic heterocycles. The first-order valence-corrected chi connectivity index (χ1v) is 9.55. The molecule has 2 aromatic rings. The topological polar surface area (TPSA) is 73.7 Å². The van der Waals surface area contributed by atoms with Crippen molar-refractivity contribution in [2.45, 2.75) is 31.5 Å². The van der Waals surface area contributed by atoms with Crippen LogP contribution in [-0.4, -0.2) is 45.5 Å². The molecule has 2 fully saturated rings. The van der Waals surface area contributed by atoms with Crippen molar-refractivity contribution in [3.05, 3.63) is 58.7 Å². The quantitative estimate of drug-likeness (QED) is 0.823. The van der Waals surface area contributed by atoms with E-state index in [1.807, 2.05) is 0 Å². The molecule has 0 unspecified atom stereocenters. The second kappa shape index (κ2) is 7.68. The van der Waals surface area contributed by atoms with Crippen LogP contribution in [0.4, 0.5) is 14.6 Å². The van der Waals surface area contributed by atoms with Crippen LogP contribution in [0.5, 0.6) is 0 Å². The summed E-state index contributed by atoms with van der Waals surface area (Å²) in [5, 5.41) is 9.79. The van der Waals surface area contributed by atoms with E-state index in [1.54, 1.807) is 12.1 Å². The van der Waals surface area contributed by atoms with Gasteiger partial charge in [-0.25, -0.2) is 13.8 Å². The Morgan fingerprint density at radius 1 is 1.17 bits per heavy atom. The number of amides is 2. The smallest absolute Gasteiger partial charge is 0.251 e. The number of carbonyl (C=O) groups excluding carboxylic acids is 2. The van der Waals surface area contributed by atoms with Crippen molar-refractivity contribution in [2.24, 2.45) is 5.92 Å². The zero-order valence-electron chi connectivity index (χ0n) is 15.3. The van der Waals surface area contributed by atoms with E-state index < -0.39 is 29.7 Å². The summed E-state index contributed by atoms with van der Waals surface area (Å²) < 4.78 is 27.6. The third-order valence-electron chi connectivity index (χ3n) is 5.37. The normalized spacial score (nSPS) is 24.6. The van der Waals surface area contributed by atoms with E-state index in [0.717, 1.165) is 11.0 Å². The van der Waals surface area contributed by atoms with Crippen LogP contribution in [-0.2, 0) is 16.1 Å². The maximum atomic E-state index is 14.4. The highest BCUT2D eigenvalue weighted by atomic mass is 35.5. The minimum absolute atomic E-state index is 0.0821. The van der Waals surface area contributed by atoms with Crippen LogP contribution in [0.25, 0.3) is 0 Å². The standard InChI is InChI=1S/C20H18ClF2N3O3/c21-13-7-16(23)19(24-8-13)26-10-17(28)25(9-11-1-3-14(22)4-2-11)18(20(26)29)12-5-15(27)6-12/h1-4,7-8,12,15,18,27H,5-6,9-10H2/t12?,15?,18-/m1/s1. The summed E-state index contributed by atoms with van der Waals surface area (Å²) in [6.45, 7) is -0.246. The second-order valence-corrected chi connectivity index (χ2v) is 7.80. The minimum Gasteiger partial charge on any atom is -0.393 e. The molecule has 2 aliphatic rings. The lowest BCUT2D eigenvalue weighted by atomic mass is 9.75. The molecule has 152 valence electrons. The fourth-order valence-corrected chi connectivity index (χ4v) is 4.00. The average molecular weight is 422 g/mol. The third kappa shape index (κ3) is 3.82. The van der Waals surface area contributed by atoms with Crippen molar-refractivity contribution in [3.63, 3.8) is 0 Å². The zero-order chi connectivity index (χ0) is 20.7. The number of nitrogens with zero attached hydrogens (tertiary/aromatic N) is 3. The lowest BCUT2D eigenvalue weighted by Crippen LogP contribution is -2.64. The lowest BCUT2D eigenvalue weighted by molar-refractivity contribution is -0.149. The van der Waals surface area contributed by atoms with Gasteiger partial charge in [-0.2, -0.15) is 0 Å². The first-order chi connectivity index (χ1) is 13.8. The van der Waals surface area contributed by atoms with E-state index in [9.17, 15) is 23.5 Å². The lowest BCUT2D eigenvalue weighted by Gasteiger charge is -2.47. The van der Waals surface area contributed by atoms with E-state index >= 15 is 0 Å². The Morgan fingerprint density at radius 3 is 2.48 bits per heavy atom. The van der Waals surface area contributed by atoms with Crippen molar-refractivity contribution < 1.29 is 23.5 Å². The van der Waals surface area contributed by atoms with Gasteiger partial charge in [0.2, 0.25) is 5.91 Å². The number of aromatic nitrogens is 1. The molecule has 0 spiro atoms. The van der Waals surface area contributed by atoms with Crippen molar-refractivity contribution in [2.75, 3.05) is 11.4 Å². The van der Waals surface area contributed by atoms with E-state index in [1.165, 1.54) is 23.2 Å². The van der Waals surface area contributed by atoms with Crippen molar-refractivity contribution in [1.82, 2.24) is 9.88 Å². The Balaban J connectivity index is 1.65. The molecule has 4 rings (SSSR count). The summed E-state index contributed by atoms with van der Waals surface area (Å²) in [5.74, 6) is -2.53. The molecule has 9 heteroatoms. The van der Waals surface area contributed by atoms with Gasteiger partial charge in [0.05, 0.1) is 11.1 Å². The van der Waals surface area contributed by atoms with Crippen molar-refractivity contribution >= 4 is 29.2 Å². The number of hydrogen-bond acceptors (Lipinski definition) is 4. The van der Waals surface area contributed by atoms with Crippen molar-refractivity contribution in [3.8, 4) is 0 Å². The number of carbonyl (C=O) groups is 2. The fourth-order valence-electron chi connectivity index (χ4n) is 3.85. The molecular formula is C20H18ClF2N3O3. The van der Waals surface area contributed by atoms with E-state index in [-0.39, 0.29) is 35.8 Å². The second-order valence-electron chi connectivity index (χ2n) is 7.36. The van der Waals surface area contributed by atoms with Gasteiger partial charge in [0.25, 0.3) is 5.91 Å². The predicted octanol–water partition coefficient (Wildman–Crippen LogP) is 2.53. The Hall–Kier alpha value is -2.58. The highest BCUT2D eigenvalue weighted by molar-refractivity contribution is 6.30. The highest BCUT2D eigenvalue weighted by Gasteiger charge is 2.48. The van der Waals surface area contributed by atoms with Crippen LogP contribution in [0, 0.1) is 17.6 Å². The van der Waals surface area contributed by atoms with Gasteiger partial charge in [-0.15, -0.1) is 0 Å². The Labute approximate surface area is 170 Å². The number of anilines is 1. The Bertz CT molecular complexity index is 950. The van der Waals surface area contributed by atoms with Gasteiger partial charge < -0.3 is 10.0 Å². The monoisotopic (exact) mass is 421 g/mol. The Morgan fingerprint density at radius 2 is 1.86 bits per heavy atom. The van der Waals surface area contributed by atoms with E-state index in [2.05, 4.69) is 4.98 Å². The molecule has 0 bridgehead atoms. The van der Waals surface area contributed by atoms with Crippen LogP contribution in [0.3, 0.4) is 0 Å². The van der Waals surface area contributed by atoms with Gasteiger partial charge in [0.1, 0.15) is 18.4 Å². The number of hydrogen-bond donors (Lipinski definition) is 1. The summed E-state index contributed by atoms with van der Waals surface area (Å²) in [5.41, 5.74) is 0.668. The van der Waals surface area contributed by atoms with Gasteiger partial charge in [-0.05, 0) is 42.5 Å². The summed E-state index contributed by atoms with van der Waals surface area (Å²) in [4.78, 5) is 32.5. The molecule has 1 atom stereocenters. The predicted molar refractivity (Wildman–Crippen MR) is 101 cm³/mol. The molecule has 1 N–H and O–H groups in total. The average Bonchev–Trinajstić information content (AvgIpc) is 2.65. The van der Waals surface area contributed by atoms with Crippen molar-refractivity contribution in [1.29, 1.82) is 0 Å². The number of halogens is 3. The molecule has 0 radical (unpaired) electrons. The third-order valence-corrected chi connectivity index (χ3v) is 5.58. The zero-order valence-corrected chi connectivity index (χ0v) is 16.0. The largest absolute Gasteiger partial charge is 0.393 e. The van der Waals surface area contributed by atoms with Gasteiger partial charge in [0.15, 0.2) is 11.6 Å². The molecular weight excluding hydrogens is 404 g/mol. The van der Waals surface area contributed by atoms with Crippen LogP contribution >= 0.6 is 11.6 Å². The van der Waals surface area contributed by atoms with Gasteiger partial charge >= 0.3 is 0 Å². The minimum atomic E-state index is -0.860. The van der Waals surface area contributed by atoms with Crippen LogP contribution in [0.2, 0.25) is 5.02 Å². The highest BCUT2D eigenvalue weighted by Crippen LogP contribution is 2.37. The summed E-state index contributed by atoms with van der Waals surface area (Å²) in [6, 6.07) is 5.84. The fraction of sp³-hybridized carbons (Fsp3) is 0.350. The molecule has 29 heavy (non-hydrogen) atoms. The number of aliphatic hydroxyl groups is 1. The summed E-state index contributed by atoms with van der Waals surface area (Å²) in [6.07, 6.45) is 1.42. The van der Waals surface area contributed by atoms with Crippen LogP contribution in [0.1, 0.15) is 18.4 Å². The maximum Gasteiger partial charge on any atom is 0.251 e. The molecule has 1 aliphatic carbocycles. The maximum absolute atomic E-state index is 14.4. The number of pyridine rings is 1.